The van der Waals surface area contributed by atoms with E-state index in [1.165, 1.54) is 23.5 Å². The molecule has 2 rings (SSSR count). The zero-order chi connectivity index (χ0) is 13.8. The van der Waals surface area contributed by atoms with Crippen molar-refractivity contribution in [3.63, 3.8) is 0 Å². The van der Waals surface area contributed by atoms with Crippen LogP contribution < -0.4 is 5.32 Å². The van der Waals surface area contributed by atoms with E-state index in [2.05, 4.69) is 5.32 Å². The molecule has 19 heavy (non-hydrogen) atoms. The predicted octanol–water partition coefficient (Wildman–Crippen LogP) is 3.52. The molecule has 0 aliphatic carbocycles. The number of halogens is 2. The summed E-state index contributed by atoms with van der Waals surface area (Å²) in [7, 11) is 0. The van der Waals surface area contributed by atoms with Crippen LogP contribution in [0.25, 0.3) is 0 Å². The lowest BCUT2D eigenvalue weighted by atomic mass is 10.2. The molecule has 1 aromatic carbocycles. The van der Waals surface area contributed by atoms with Crippen LogP contribution in [0.3, 0.4) is 0 Å². The van der Waals surface area contributed by atoms with Crippen molar-refractivity contribution in [1.29, 1.82) is 0 Å². The van der Waals surface area contributed by atoms with Gasteiger partial charge in [-0.1, -0.05) is 13.0 Å². The molecule has 1 aromatic heterocycles. The average molecular weight is 281 g/mol. The standard InChI is InChI=1S/C14H13F2NOS/c1-2-9-6-7-19-12(9)8-17-14(18)10-4-3-5-11(15)13(10)16/h3-7H,2,8H2,1H3,(H,17,18). The van der Waals surface area contributed by atoms with Crippen molar-refractivity contribution in [2.45, 2.75) is 19.9 Å². The highest BCUT2D eigenvalue weighted by Crippen LogP contribution is 2.17. The number of carbonyl (C=O) groups is 1. The van der Waals surface area contributed by atoms with Gasteiger partial charge in [0.05, 0.1) is 12.1 Å². The molecule has 0 unspecified atom stereocenters. The van der Waals surface area contributed by atoms with Crippen molar-refractivity contribution in [2.24, 2.45) is 0 Å². The Kier molecular flexibility index (Phi) is 4.27. The summed E-state index contributed by atoms with van der Waals surface area (Å²) in [6.45, 7) is 2.36. The van der Waals surface area contributed by atoms with Gasteiger partial charge in [-0.3, -0.25) is 4.79 Å². The van der Waals surface area contributed by atoms with Gasteiger partial charge in [0.1, 0.15) is 0 Å². The van der Waals surface area contributed by atoms with Gasteiger partial charge in [-0.15, -0.1) is 11.3 Å². The van der Waals surface area contributed by atoms with Gasteiger partial charge in [0, 0.05) is 4.88 Å². The Labute approximate surface area is 114 Å². The molecular weight excluding hydrogens is 268 g/mol. The molecule has 0 saturated carbocycles. The Morgan fingerprint density at radius 2 is 2.11 bits per heavy atom. The number of nitrogens with one attached hydrogen (secondary N) is 1. The van der Waals surface area contributed by atoms with Crippen molar-refractivity contribution in [3.05, 3.63) is 57.3 Å². The summed E-state index contributed by atoms with van der Waals surface area (Å²) >= 11 is 1.54. The first kappa shape index (κ1) is 13.7. The molecule has 0 aliphatic rings. The van der Waals surface area contributed by atoms with E-state index in [0.717, 1.165) is 22.9 Å². The molecule has 5 heteroatoms. The molecule has 0 saturated heterocycles. The summed E-state index contributed by atoms with van der Waals surface area (Å²) in [6, 6.07) is 5.56. The highest BCUT2D eigenvalue weighted by Gasteiger charge is 2.15. The second kappa shape index (κ2) is 5.93. The van der Waals surface area contributed by atoms with Gasteiger partial charge < -0.3 is 5.32 Å². The number of amides is 1. The Balaban J connectivity index is 2.08. The number of carbonyl (C=O) groups excluding carboxylic acids is 1. The minimum atomic E-state index is -1.11. The fourth-order valence-electron chi connectivity index (χ4n) is 1.77. The first-order chi connectivity index (χ1) is 9.13. The van der Waals surface area contributed by atoms with Crippen molar-refractivity contribution in [3.8, 4) is 0 Å². The fourth-order valence-corrected chi connectivity index (χ4v) is 2.69. The molecule has 0 radical (unpaired) electrons. The minimum Gasteiger partial charge on any atom is -0.347 e. The largest absolute Gasteiger partial charge is 0.347 e. The first-order valence-electron chi connectivity index (χ1n) is 5.91. The summed E-state index contributed by atoms with van der Waals surface area (Å²) in [5, 5.41) is 4.56. The minimum absolute atomic E-state index is 0.269. The zero-order valence-corrected chi connectivity index (χ0v) is 11.2. The van der Waals surface area contributed by atoms with E-state index < -0.39 is 17.5 Å². The van der Waals surface area contributed by atoms with E-state index in [1.807, 2.05) is 18.4 Å². The lowest BCUT2D eigenvalue weighted by Gasteiger charge is -2.06. The number of hydrogen-bond acceptors (Lipinski definition) is 2. The van der Waals surface area contributed by atoms with Gasteiger partial charge in [0.2, 0.25) is 0 Å². The molecule has 2 aromatic rings. The molecule has 0 atom stereocenters. The molecular formula is C14H13F2NOS. The van der Waals surface area contributed by atoms with Gasteiger partial charge in [-0.05, 0) is 35.6 Å². The number of aryl methyl sites for hydroxylation is 1. The first-order valence-corrected chi connectivity index (χ1v) is 6.79. The van der Waals surface area contributed by atoms with E-state index in [4.69, 9.17) is 0 Å². The number of rotatable bonds is 4. The molecule has 1 N–H and O–H groups in total. The summed E-state index contributed by atoms with van der Waals surface area (Å²) in [5.74, 6) is -2.73. The topological polar surface area (TPSA) is 29.1 Å². The molecule has 100 valence electrons. The SMILES string of the molecule is CCc1ccsc1CNC(=O)c1cccc(F)c1F. The molecule has 1 amide bonds. The lowest BCUT2D eigenvalue weighted by Crippen LogP contribution is -2.24. The monoisotopic (exact) mass is 281 g/mol. The van der Waals surface area contributed by atoms with E-state index >= 15 is 0 Å². The molecule has 0 spiro atoms. The van der Waals surface area contributed by atoms with Gasteiger partial charge in [-0.2, -0.15) is 0 Å². The van der Waals surface area contributed by atoms with Crippen molar-refractivity contribution in [2.75, 3.05) is 0 Å². The van der Waals surface area contributed by atoms with E-state index in [9.17, 15) is 13.6 Å². The smallest absolute Gasteiger partial charge is 0.254 e. The van der Waals surface area contributed by atoms with Crippen molar-refractivity contribution in [1.82, 2.24) is 5.32 Å². The maximum absolute atomic E-state index is 13.4. The van der Waals surface area contributed by atoms with E-state index in [1.54, 1.807) is 0 Å². The average Bonchev–Trinajstić information content (AvgIpc) is 2.86. The Morgan fingerprint density at radius 1 is 1.32 bits per heavy atom. The molecule has 2 nitrogen and oxygen atoms in total. The third-order valence-electron chi connectivity index (χ3n) is 2.82. The summed E-state index contributed by atoms with van der Waals surface area (Å²) in [4.78, 5) is 12.8. The van der Waals surface area contributed by atoms with Crippen LogP contribution >= 0.6 is 11.3 Å². The highest BCUT2D eigenvalue weighted by molar-refractivity contribution is 7.10. The van der Waals surface area contributed by atoms with Crippen LogP contribution in [0.5, 0.6) is 0 Å². The van der Waals surface area contributed by atoms with Gasteiger partial charge in [0.25, 0.3) is 5.91 Å². The van der Waals surface area contributed by atoms with Crippen LogP contribution in [0.2, 0.25) is 0 Å². The second-order valence-electron chi connectivity index (χ2n) is 4.01. The Hall–Kier alpha value is -1.75. The summed E-state index contributed by atoms with van der Waals surface area (Å²) in [6.07, 6.45) is 0.878. The van der Waals surface area contributed by atoms with Gasteiger partial charge in [0.15, 0.2) is 11.6 Å². The van der Waals surface area contributed by atoms with Crippen LogP contribution in [0, 0.1) is 11.6 Å². The van der Waals surface area contributed by atoms with Crippen LogP contribution in [-0.4, -0.2) is 5.91 Å². The van der Waals surface area contributed by atoms with Gasteiger partial charge in [-0.25, -0.2) is 8.78 Å². The van der Waals surface area contributed by atoms with E-state index in [-0.39, 0.29) is 5.56 Å². The Morgan fingerprint density at radius 3 is 2.84 bits per heavy atom. The fraction of sp³-hybridized carbons (Fsp3) is 0.214. The molecule has 0 fully saturated rings. The van der Waals surface area contributed by atoms with Crippen LogP contribution in [0.1, 0.15) is 27.7 Å². The van der Waals surface area contributed by atoms with Gasteiger partial charge >= 0.3 is 0 Å². The van der Waals surface area contributed by atoms with Crippen LogP contribution in [0.15, 0.2) is 29.6 Å². The highest BCUT2D eigenvalue weighted by atomic mass is 32.1. The summed E-state index contributed by atoms with van der Waals surface area (Å²) in [5.41, 5.74) is 0.889. The zero-order valence-electron chi connectivity index (χ0n) is 10.4. The maximum atomic E-state index is 13.4. The summed E-state index contributed by atoms with van der Waals surface area (Å²) < 4.78 is 26.4. The Bertz CT molecular complexity index is 595. The number of hydrogen-bond donors (Lipinski definition) is 1. The second-order valence-corrected chi connectivity index (χ2v) is 5.01. The normalized spacial score (nSPS) is 10.5. The third kappa shape index (κ3) is 2.98. The van der Waals surface area contributed by atoms with Crippen molar-refractivity contribution < 1.29 is 13.6 Å². The van der Waals surface area contributed by atoms with Crippen molar-refractivity contribution >= 4 is 17.2 Å². The maximum Gasteiger partial charge on any atom is 0.254 e. The molecule has 0 bridgehead atoms. The third-order valence-corrected chi connectivity index (χ3v) is 3.79. The quantitative estimate of drug-likeness (QED) is 0.912. The van der Waals surface area contributed by atoms with E-state index in [0.29, 0.717) is 6.54 Å². The molecule has 0 aliphatic heterocycles. The lowest BCUT2D eigenvalue weighted by molar-refractivity contribution is 0.0946. The van der Waals surface area contributed by atoms with Crippen LogP contribution in [-0.2, 0) is 13.0 Å². The predicted molar refractivity (Wildman–Crippen MR) is 71.2 cm³/mol. The molecule has 1 heterocycles. The number of thiophene rings is 1. The number of benzene rings is 1. The van der Waals surface area contributed by atoms with Crippen LogP contribution in [0.4, 0.5) is 8.78 Å².